The number of carbonyl (C=O) groups excluding carboxylic acids is 2. The Balaban J connectivity index is 1.75. The lowest BCUT2D eigenvalue weighted by molar-refractivity contribution is 0.0517. The summed E-state index contributed by atoms with van der Waals surface area (Å²) in [6.07, 6.45) is 0. The third kappa shape index (κ3) is 2.73. The second kappa shape index (κ2) is 5.54. The lowest BCUT2D eigenvalue weighted by atomic mass is 10.1. The molecule has 0 saturated carbocycles. The lowest BCUT2D eigenvalue weighted by Gasteiger charge is -1.99. The van der Waals surface area contributed by atoms with Crippen LogP contribution in [0.5, 0.6) is 0 Å². The van der Waals surface area contributed by atoms with Crippen LogP contribution in [0.2, 0.25) is 0 Å². The van der Waals surface area contributed by atoms with Crippen molar-refractivity contribution in [2.45, 2.75) is 11.8 Å². The number of oxime groups is 1. The first-order valence-electron chi connectivity index (χ1n) is 6.33. The van der Waals surface area contributed by atoms with Crippen molar-refractivity contribution in [2.75, 3.05) is 0 Å². The van der Waals surface area contributed by atoms with Crippen LogP contribution in [0.3, 0.4) is 0 Å². The number of Topliss-reactive ketones (excluding diaryl/α,β-unsaturated/α-hetero) is 1. The van der Waals surface area contributed by atoms with Crippen LogP contribution < -0.4 is 0 Å². The molecule has 0 radical (unpaired) electrons. The normalized spacial score (nSPS) is 15.1. The molecule has 2 aromatic carbocycles. The fourth-order valence-corrected chi connectivity index (χ4v) is 2.80. The molecule has 1 heterocycles. The third-order valence-corrected chi connectivity index (χ3v) is 4.06. The van der Waals surface area contributed by atoms with E-state index in [4.69, 9.17) is 4.84 Å². The summed E-state index contributed by atoms with van der Waals surface area (Å²) in [5.41, 5.74) is 2.04. The Morgan fingerprint density at radius 3 is 2.52 bits per heavy atom. The van der Waals surface area contributed by atoms with Gasteiger partial charge in [-0.05, 0) is 31.2 Å². The number of carbonyl (C=O) groups is 2. The van der Waals surface area contributed by atoms with Gasteiger partial charge in [0, 0.05) is 10.5 Å². The molecule has 5 heteroatoms. The van der Waals surface area contributed by atoms with E-state index < -0.39 is 5.97 Å². The van der Waals surface area contributed by atoms with E-state index in [0.29, 0.717) is 11.1 Å². The molecule has 0 unspecified atom stereocenters. The van der Waals surface area contributed by atoms with E-state index in [1.807, 2.05) is 31.2 Å². The largest absolute Gasteiger partial charge is 0.365 e. The van der Waals surface area contributed by atoms with Crippen LogP contribution in [0.4, 0.5) is 0 Å². The van der Waals surface area contributed by atoms with Gasteiger partial charge >= 0.3 is 5.97 Å². The maximum atomic E-state index is 12.0. The van der Waals surface area contributed by atoms with Crippen LogP contribution in [0, 0.1) is 6.92 Å². The molecule has 1 aliphatic heterocycles. The van der Waals surface area contributed by atoms with E-state index in [1.165, 1.54) is 11.8 Å². The van der Waals surface area contributed by atoms with Gasteiger partial charge in [0.15, 0.2) is 5.04 Å². The van der Waals surface area contributed by atoms with Gasteiger partial charge in [-0.2, -0.15) is 0 Å². The predicted molar refractivity (Wildman–Crippen MR) is 80.7 cm³/mol. The number of thioether (sulfide) groups is 1. The van der Waals surface area contributed by atoms with Crippen molar-refractivity contribution in [3.8, 4) is 0 Å². The van der Waals surface area contributed by atoms with E-state index in [1.54, 1.807) is 24.3 Å². The first-order valence-corrected chi connectivity index (χ1v) is 7.14. The summed E-state index contributed by atoms with van der Waals surface area (Å²) in [6.45, 7) is 1.93. The third-order valence-electron chi connectivity index (χ3n) is 3.03. The van der Waals surface area contributed by atoms with E-state index in [2.05, 4.69) is 5.16 Å². The Labute approximate surface area is 125 Å². The average Bonchev–Trinajstić information content (AvgIpc) is 2.82. The van der Waals surface area contributed by atoms with Gasteiger partial charge in [0.1, 0.15) is 0 Å². The zero-order valence-electron chi connectivity index (χ0n) is 11.2. The highest BCUT2D eigenvalue weighted by molar-refractivity contribution is 8.16. The number of aryl methyl sites for hydroxylation is 1. The zero-order chi connectivity index (χ0) is 14.8. The highest BCUT2D eigenvalue weighted by Gasteiger charge is 2.28. The van der Waals surface area contributed by atoms with Crippen LogP contribution in [-0.4, -0.2) is 16.8 Å². The van der Waals surface area contributed by atoms with Crippen LogP contribution >= 0.6 is 11.8 Å². The minimum Gasteiger partial charge on any atom is -0.312 e. The van der Waals surface area contributed by atoms with Gasteiger partial charge in [-0.3, -0.25) is 4.79 Å². The van der Waals surface area contributed by atoms with Crippen molar-refractivity contribution in [3.05, 3.63) is 65.2 Å². The first kappa shape index (κ1) is 13.6. The maximum absolute atomic E-state index is 12.0. The molecule has 0 aromatic heterocycles. The number of benzene rings is 2. The van der Waals surface area contributed by atoms with Gasteiger partial charge in [0.2, 0.25) is 5.78 Å². The fourth-order valence-electron chi connectivity index (χ4n) is 1.89. The number of hydrogen-bond donors (Lipinski definition) is 0. The van der Waals surface area contributed by atoms with Crippen molar-refractivity contribution in [2.24, 2.45) is 5.16 Å². The second-order valence-electron chi connectivity index (χ2n) is 4.57. The van der Waals surface area contributed by atoms with Gasteiger partial charge < -0.3 is 4.84 Å². The molecule has 21 heavy (non-hydrogen) atoms. The number of hydrogen-bond acceptors (Lipinski definition) is 5. The van der Waals surface area contributed by atoms with E-state index in [0.717, 1.165) is 10.5 Å². The zero-order valence-corrected chi connectivity index (χ0v) is 12.0. The minimum atomic E-state index is -0.577. The topological polar surface area (TPSA) is 55.7 Å². The van der Waals surface area contributed by atoms with Crippen molar-refractivity contribution in [3.63, 3.8) is 0 Å². The summed E-state index contributed by atoms with van der Waals surface area (Å²) < 4.78 is 0. The molecule has 0 bridgehead atoms. The monoisotopic (exact) mass is 297 g/mol. The molecule has 0 aliphatic carbocycles. The standard InChI is InChI=1S/C16H11NO3S/c1-10-6-8-11(9-7-10)16(19)20-17-15-14(18)12-4-2-3-5-13(12)21-15/h2-9H,1H3/b17-15+. The minimum absolute atomic E-state index is 0.177. The highest BCUT2D eigenvalue weighted by atomic mass is 32.2. The molecule has 0 atom stereocenters. The maximum Gasteiger partial charge on any atom is 0.365 e. The Bertz CT molecular complexity index is 750. The molecule has 104 valence electrons. The van der Waals surface area contributed by atoms with Crippen molar-refractivity contribution < 1.29 is 14.4 Å². The van der Waals surface area contributed by atoms with E-state index >= 15 is 0 Å². The Morgan fingerprint density at radius 2 is 1.81 bits per heavy atom. The molecule has 0 N–H and O–H groups in total. The first-order chi connectivity index (χ1) is 10.1. The second-order valence-corrected chi connectivity index (χ2v) is 5.60. The van der Waals surface area contributed by atoms with Gasteiger partial charge in [-0.25, -0.2) is 4.79 Å². The number of fused-ring (bicyclic) bond motifs is 1. The summed E-state index contributed by atoms with van der Waals surface area (Å²) >= 11 is 1.21. The van der Waals surface area contributed by atoms with Crippen LogP contribution in [0.1, 0.15) is 26.3 Å². The number of nitrogens with zero attached hydrogens (tertiary/aromatic N) is 1. The number of rotatable bonds is 2. The summed E-state index contributed by atoms with van der Waals surface area (Å²) in [5, 5.41) is 3.88. The molecule has 0 spiro atoms. The average molecular weight is 297 g/mol. The van der Waals surface area contributed by atoms with Crippen molar-refractivity contribution in [1.29, 1.82) is 0 Å². The Kier molecular flexibility index (Phi) is 3.58. The fraction of sp³-hybridized carbons (Fsp3) is 0.0625. The molecule has 1 aliphatic rings. The molecule has 0 amide bonds. The lowest BCUT2D eigenvalue weighted by Crippen LogP contribution is -2.07. The van der Waals surface area contributed by atoms with Crippen LogP contribution in [0.15, 0.2) is 58.6 Å². The highest BCUT2D eigenvalue weighted by Crippen LogP contribution is 2.33. The van der Waals surface area contributed by atoms with Gasteiger partial charge in [-0.15, -0.1) is 0 Å². The summed E-state index contributed by atoms with van der Waals surface area (Å²) in [5.74, 6) is -0.792. The number of ketones is 1. The smallest absolute Gasteiger partial charge is 0.312 e. The molecule has 3 rings (SSSR count). The molecule has 0 saturated heterocycles. The molecular formula is C16H11NO3S. The van der Waals surface area contributed by atoms with Crippen LogP contribution in [-0.2, 0) is 4.84 Å². The summed E-state index contributed by atoms with van der Waals surface area (Å²) in [6, 6.07) is 14.2. The quantitative estimate of drug-likeness (QED) is 0.629. The van der Waals surface area contributed by atoms with E-state index in [-0.39, 0.29) is 10.8 Å². The Hall–Kier alpha value is -2.40. The predicted octanol–water partition coefficient (Wildman–Crippen LogP) is 3.45. The van der Waals surface area contributed by atoms with Crippen molar-refractivity contribution >= 4 is 28.6 Å². The summed E-state index contributed by atoms with van der Waals surface area (Å²) in [7, 11) is 0. The van der Waals surface area contributed by atoms with Gasteiger partial charge in [-0.1, -0.05) is 46.7 Å². The van der Waals surface area contributed by atoms with Gasteiger partial charge in [0.05, 0.1) is 5.56 Å². The molecule has 0 fully saturated rings. The summed E-state index contributed by atoms with van der Waals surface area (Å²) in [4.78, 5) is 29.6. The van der Waals surface area contributed by atoms with Crippen LogP contribution in [0.25, 0.3) is 0 Å². The Morgan fingerprint density at radius 1 is 1.10 bits per heavy atom. The molecule has 4 nitrogen and oxygen atoms in total. The molecule has 2 aromatic rings. The van der Waals surface area contributed by atoms with Crippen molar-refractivity contribution in [1.82, 2.24) is 0 Å². The van der Waals surface area contributed by atoms with E-state index in [9.17, 15) is 9.59 Å². The molecular weight excluding hydrogens is 286 g/mol. The SMILES string of the molecule is Cc1ccc(C(=O)O/N=C2/Sc3ccccc3C2=O)cc1. The van der Waals surface area contributed by atoms with Gasteiger partial charge in [0.25, 0.3) is 0 Å².